The third-order valence-corrected chi connectivity index (χ3v) is 3.72. The summed E-state index contributed by atoms with van der Waals surface area (Å²) in [7, 11) is 0. The first-order valence-electron chi connectivity index (χ1n) is 6.60. The van der Waals surface area contributed by atoms with E-state index < -0.39 is 0 Å². The summed E-state index contributed by atoms with van der Waals surface area (Å²) in [6.45, 7) is 7.30. The molecule has 0 fully saturated rings. The third kappa shape index (κ3) is 3.80. The Balaban J connectivity index is 2.13. The second kappa shape index (κ2) is 6.70. The van der Waals surface area contributed by atoms with Gasteiger partial charge in [-0.2, -0.15) is 0 Å². The van der Waals surface area contributed by atoms with Gasteiger partial charge >= 0.3 is 0 Å². The van der Waals surface area contributed by atoms with Gasteiger partial charge in [0, 0.05) is 17.5 Å². The van der Waals surface area contributed by atoms with Crippen LogP contribution in [0.4, 0.5) is 5.69 Å². The number of thioether (sulfide) groups is 1. The molecular formula is C14H20N2O2S. The SMILES string of the molecule is CCOc1ccc(NC2=NC(C)CS2)cc1OCC. The van der Waals surface area contributed by atoms with Crippen molar-refractivity contribution in [1.29, 1.82) is 0 Å². The van der Waals surface area contributed by atoms with E-state index in [-0.39, 0.29) is 0 Å². The molecule has 0 saturated heterocycles. The largest absolute Gasteiger partial charge is 0.490 e. The highest BCUT2D eigenvalue weighted by molar-refractivity contribution is 8.14. The molecule has 0 spiro atoms. The summed E-state index contributed by atoms with van der Waals surface area (Å²) in [4.78, 5) is 4.51. The van der Waals surface area contributed by atoms with E-state index in [9.17, 15) is 0 Å². The first-order valence-corrected chi connectivity index (χ1v) is 7.58. The molecular weight excluding hydrogens is 260 g/mol. The Bertz CT molecular complexity index is 463. The zero-order valence-corrected chi connectivity index (χ0v) is 12.4. The minimum atomic E-state index is 0.390. The molecule has 1 atom stereocenters. The zero-order valence-electron chi connectivity index (χ0n) is 11.6. The number of anilines is 1. The minimum absolute atomic E-state index is 0.390. The van der Waals surface area contributed by atoms with E-state index in [1.807, 2.05) is 32.0 Å². The molecule has 0 bridgehead atoms. The fourth-order valence-corrected chi connectivity index (χ4v) is 2.71. The summed E-state index contributed by atoms with van der Waals surface area (Å²) in [5, 5.41) is 4.29. The summed E-state index contributed by atoms with van der Waals surface area (Å²) < 4.78 is 11.1. The van der Waals surface area contributed by atoms with Gasteiger partial charge in [-0.25, -0.2) is 0 Å². The lowest BCUT2D eigenvalue weighted by molar-refractivity contribution is 0.288. The first-order chi connectivity index (χ1) is 9.22. The quantitative estimate of drug-likeness (QED) is 0.898. The number of nitrogens with zero attached hydrogens (tertiary/aromatic N) is 1. The Morgan fingerprint density at radius 3 is 2.63 bits per heavy atom. The highest BCUT2D eigenvalue weighted by Crippen LogP contribution is 2.31. The normalized spacial score (nSPS) is 18.1. The van der Waals surface area contributed by atoms with Crippen molar-refractivity contribution in [3.63, 3.8) is 0 Å². The average Bonchev–Trinajstić information content (AvgIpc) is 2.79. The highest BCUT2D eigenvalue weighted by atomic mass is 32.2. The van der Waals surface area contributed by atoms with Crippen LogP contribution in [-0.2, 0) is 0 Å². The molecule has 1 aromatic rings. The Labute approximate surface area is 118 Å². The number of rotatable bonds is 5. The molecule has 0 saturated carbocycles. The summed E-state index contributed by atoms with van der Waals surface area (Å²) >= 11 is 1.75. The minimum Gasteiger partial charge on any atom is -0.490 e. The second-order valence-electron chi connectivity index (χ2n) is 4.25. The Hall–Kier alpha value is -1.36. The molecule has 2 rings (SSSR count). The fourth-order valence-electron chi connectivity index (χ4n) is 1.79. The molecule has 1 aliphatic heterocycles. The van der Waals surface area contributed by atoms with Gasteiger partial charge < -0.3 is 14.8 Å². The van der Waals surface area contributed by atoms with Crippen LogP contribution in [0.3, 0.4) is 0 Å². The van der Waals surface area contributed by atoms with Crippen LogP contribution in [0, 0.1) is 0 Å². The van der Waals surface area contributed by atoms with Crippen molar-refractivity contribution >= 4 is 22.6 Å². The molecule has 104 valence electrons. The van der Waals surface area contributed by atoms with E-state index in [4.69, 9.17) is 9.47 Å². The van der Waals surface area contributed by atoms with Crippen LogP contribution >= 0.6 is 11.8 Å². The zero-order chi connectivity index (χ0) is 13.7. The van der Waals surface area contributed by atoms with Crippen LogP contribution in [0.1, 0.15) is 20.8 Å². The predicted octanol–water partition coefficient (Wildman–Crippen LogP) is 3.39. The number of nitrogens with one attached hydrogen (secondary N) is 1. The van der Waals surface area contributed by atoms with Gasteiger partial charge in [-0.05, 0) is 32.9 Å². The molecule has 1 N–H and O–H groups in total. The molecule has 1 aliphatic rings. The Morgan fingerprint density at radius 1 is 1.26 bits per heavy atom. The summed E-state index contributed by atoms with van der Waals surface area (Å²) in [6.07, 6.45) is 0. The Kier molecular flexibility index (Phi) is 4.96. The van der Waals surface area contributed by atoms with Gasteiger partial charge in [-0.1, -0.05) is 11.8 Å². The summed E-state index contributed by atoms with van der Waals surface area (Å²) in [6, 6.07) is 6.27. The summed E-state index contributed by atoms with van der Waals surface area (Å²) in [5.74, 6) is 2.59. The van der Waals surface area contributed by atoms with Crippen LogP contribution < -0.4 is 14.8 Å². The average molecular weight is 280 g/mol. The van der Waals surface area contributed by atoms with E-state index >= 15 is 0 Å². The van der Waals surface area contributed by atoms with Crippen molar-refractivity contribution in [3.8, 4) is 11.5 Å². The third-order valence-electron chi connectivity index (χ3n) is 2.59. The molecule has 19 heavy (non-hydrogen) atoms. The lowest BCUT2D eigenvalue weighted by atomic mass is 10.2. The number of amidine groups is 1. The molecule has 1 heterocycles. The smallest absolute Gasteiger partial charge is 0.163 e. The monoisotopic (exact) mass is 280 g/mol. The van der Waals surface area contributed by atoms with Crippen molar-refractivity contribution in [2.75, 3.05) is 24.3 Å². The van der Waals surface area contributed by atoms with Crippen LogP contribution in [0.25, 0.3) is 0 Å². The molecule has 0 aliphatic carbocycles. The van der Waals surface area contributed by atoms with Gasteiger partial charge in [0.05, 0.1) is 19.3 Å². The van der Waals surface area contributed by atoms with Gasteiger partial charge in [0.15, 0.2) is 16.7 Å². The number of ether oxygens (including phenoxy) is 2. The van der Waals surface area contributed by atoms with Crippen LogP contribution in [-0.4, -0.2) is 30.2 Å². The highest BCUT2D eigenvalue weighted by Gasteiger charge is 2.14. The fraction of sp³-hybridized carbons (Fsp3) is 0.500. The lowest BCUT2D eigenvalue weighted by Crippen LogP contribution is -2.06. The lowest BCUT2D eigenvalue weighted by Gasteiger charge is -2.13. The maximum atomic E-state index is 5.60. The van der Waals surface area contributed by atoms with Crippen LogP contribution in [0.15, 0.2) is 23.2 Å². The van der Waals surface area contributed by atoms with Gasteiger partial charge in [0.25, 0.3) is 0 Å². The maximum absolute atomic E-state index is 5.60. The molecule has 1 aromatic carbocycles. The summed E-state index contributed by atoms with van der Waals surface area (Å²) in [5.41, 5.74) is 0.979. The molecule has 5 heteroatoms. The number of hydrogen-bond acceptors (Lipinski definition) is 5. The molecule has 1 unspecified atom stereocenters. The second-order valence-corrected chi connectivity index (χ2v) is 5.26. The van der Waals surface area contributed by atoms with Crippen molar-refractivity contribution in [1.82, 2.24) is 0 Å². The van der Waals surface area contributed by atoms with Gasteiger partial charge in [0.1, 0.15) is 0 Å². The molecule has 0 amide bonds. The van der Waals surface area contributed by atoms with E-state index in [1.54, 1.807) is 11.8 Å². The first kappa shape index (κ1) is 14.1. The van der Waals surface area contributed by atoms with Gasteiger partial charge in [0.2, 0.25) is 0 Å². The number of hydrogen-bond donors (Lipinski definition) is 1. The van der Waals surface area contributed by atoms with Gasteiger partial charge in [-0.3, -0.25) is 4.99 Å². The molecule has 4 nitrogen and oxygen atoms in total. The van der Waals surface area contributed by atoms with Crippen molar-refractivity contribution in [3.05, 3.63) is 18.2 Å². The topological polar surface area (TPSA) is 42.8 Å². The van der Waals surface area contributed by atoms with Crippen LogP contribution in [0.5, 0.6) is 11.5 Å². The van der Waals surface area contributed by atoms with E-state index in [2.05, 4.69) is 17.2 Å². The Morgan fingerprint density at radius 2 is 2.00 bits per heavy atom. The van der Waals surface area contributed by atoms with Crippen molar-refractivity contribution in [2.24, 2.45) is 4.99 Å². The van der Waals surface area contributed by atoms with E-state index in [0.29, 0.717) is 19.3 Å². The predicted molar refractivity (Wildman–Crippen MR) is 81.8 cm³/mol. The molecule has 0 aromatic heterocycles. The maximum Gasteiger partial charge on any atom is 0.163 e. The van der Waals surface area contributed by atoms with Crippen LogP contribution in [0.2, 0.25) is 0 Å². The van der Waals surface area contributed by atoms with Crippen molar-refractivity contribution in [2.45, 2.75) is 26.8 Å². The van der Waals surface area contributed by atoms with Crippen molar-refractivity contribution < 1.29 is 9.47 Å². The van der Waals surface area contributed by atoms with E-state index in [0.717, 1.165) is 28.1 Å². The molecule has 0 radical (unpaired) electrons. The number of benzene rings is 1. The van der Waals surface area contributed by atoms with Gasteiger partial charge in [-0.15, -0.1) is 0 Å². The number of aliphatic imine (C=N–C) groups is 1. The standard InChI is InChI=1S/C14H20N2O2S/c1-4-17-12-7-6-11(8-13(12)18-5-2)16-14-15-10(3)9-19-14/h6-8,10H,4-5,9H2,1-3H3,(H,15,16). The van der Waals surface area contributed by atoms with E-state index in [1.165, 1.54) is 0 Å².